The Morgan fingerprint density at radius 1 is 1.00 bits per heavy atom. The summed E-state index contributed by atoms with van der Waals surface area (Å²) in [6.07, 6.45) is 3.75. The van der Waals surface area contributed by atoms with Crippen LogP contribution in [0.2, 0.25) is 0 Å². The summed E-state index contributed by atoms with van der Waals surface area (Å²) in [6, 6.07) is 10.3. The Morgan fingerprint density at radius 2 is 1.80 bits per heavy atom. The number of hydrogen-bond donors (Lipinski definition) is 4. The molecule has 0 spiro atoms. The molecule has 7 nitrogen and oxygen atoms in total. The summed E-state index contributed by atoms with van der Waals surface area (Å²) in [7, 11) is 0. The van der Waals surface area contributed by atoms with E-state index in [1.165, 1.54) is 30.4 Å². The molecule has 4 aliphatic rings. The zero-order valence-corrected chi connectivity index (χ0v) is 16.2. The van der Waals surface area contributed by atoms with Crippen molar-refractivity contribution in [3.63, 3.8) is 0 Å². The van der Waals surface area contributed by atoms with E-state index < -0.39 is 0 Å². The molecule has 0 saturated heterocycles. The number of imide groups is 1. The molecule has 30 heavy (non-hydrogen) atoms. The van der Waals surface area contributed by atoms with Crippen LogP contribution in [0.3, 0.4) is 0 Å². The van der Waals surface area contributed by atoms with Gasteiger partial charge in [0.1, 0.15) is 0 Å². The zero-order chi connectivity index (χ0) is 20.1. The minimum atomic E-state index is -0.307. The van der Waals surface area contributed by atoms with Gasteiger partial charge in [-0.2, -0.15) is 5.10 Å². The SMILES string of the molecule is Nc1n[nH]c2ccc([C@@H]3Nc4cc5c(cc4[C@H]4C6CCC(C6)[C@@H]34)C(=O)NC5=O)cc12. The topological polar surface area (TPSA) is 113 Å². The number of nitrogens with two attached hydrogens (primary N) is 1. The average Bonchev–Trinajstić information content (AvgIpc) is 3.51. The van der Waals surface area contributed by atoms with E-state index in [4.69, 9.17) is 5.73 Å². The van der Waals surface area contributed by atoms with E-state index in [0.29, 0.717) is 40.6 Å². The number of hydrogen-bond acceptors (Lipinski definition) is 5. The number of fused-ring (bicyclic) bond motifs is 9. The molecule has 1 aromatic heterocycles. The summed E-state index contributed by atoms with van der Waals surface area (Å²) < 4.78 is 0. The van der Waals surface area contributed by atoms with Gasteiger partial charge in [-0.3, -0.25) is 20.0 Å². The van der Waals surface area contributed by atoms with Crippen LogP contribution in [0.15, 0.2) is 30.3 Å². The van der Waals surface area contributed by atoms with Crippen molar-refractivity contribution in [2.24, 2.45) is 17.8 Å². The minimum absolute atomic E-state index is 0.148. The average molecular weight is 399 g/mol. The fourth-order valence-electron chi connectivity index (χ4n) is 6.72. The standard InChI is InChI=1S/C23H21N5O2/c24-21-15-6-11(3-4-16(15)27-28-21)20-19-10-2-1-9(5-10)18(19)14-7-12-13(8-17(14)25-20)23(30)26-22(12)29/h3-4,6-10,18-20,25H,1-2,5H2,(H3,24,27,28)(H,26,29,30)/t9?,10?,18-,19-,20+/m1/s1. The lowest BCUT2D eigenvalue weighted by atomic mass is 9.67. The number of aromatic amines is 1. The summed E-state index contributed by atoms with van der Waals surface area (Å²) in [4.78, 5) is 24.5. The van der Waals surface area contributed by atoms with Gasteiger partial charge in [-0.15, -0.1) is 0 Å². The number of aromatic nitrogens is 2. The quantitative estimate of drug-likeness (QED) is 0.469. The molecular weight excluding hydrogens is 378 g/mol. The molecule has 7 heteroatoms. The molecular formula is C23H21N5O2. The number of nitrogens with one attached hydrogen (secondary N) is 3. The highest BCUT2D eigenvalue weighted by molar-refractivity contribution is 6.22. The lowest BCUT2D eigenvalue weighted by Crippen LogP contribution is -2.35. The maximum absolute atomic E-state index is 12.3. The first-order valence-electron chi connectivity index (χ1n) is 10.6. The number of H-pyrrole nitrogens is 1. The summed E-state index contributed by atoms with van der Waals surface area (Å²) >= 11 is 0. The lowest BCUT2D eigenvalue weighted by Gasteiger charge is -2.43. The molecule has 3 aromatic rings. The molecule has 7 rings (SSSR count). The molecule has 2 fully saturated rings. The Hall–Kier alpha value is -3.35. The van der Waals surface area contributed by atoms with Gasteiger partial charge in [0.15, 0.2) is 5.82 Å². The fourth-order valence-corrected chi connectivity index (χ4v) is 6.72. The second-order valence-electron chi connectivity index (χ2n) is 9.24. The Morgan fingerprint density at radius 3 is 2.67 bits per heavy atom. The van der Waals surface area contributed by atoms with Crippen LogP contribution >= 0.6 is 0 Å². The molecule has 2 aliphatic carbocycles. The second-order valence-corrected chi connectivity index (χ2v) is 9.24. The van der Waals surface area contributed by atoms with E-state index in [9.17, 15) is 9.59 Å². The van der Waals surface area contributed by atoms with E-state index in [1.54, 1.807) is 0 Å². The van der Waals surface area contributed by atoms with E-state index in [-0.39, 0.29) is 17.9 Å². The Bertz CT molecular complexity index is 1280. The van der Waals surface area contributed by atoms with Crippen molar-refractivity contribution in [1.82, 2.24) is 15.5 Å². The van der Waals surface area contributed by atoms with Crippen LogP contribution in [-0.4, -0.2) is 22.0 Å². The predicted molar refractivity (Wildman–Crippen MR) is 112 cm³/mol. The van der Waals surface area contributed by atoms with Gasteiger partial charge in [0.2, 0.25) is 0 Å². The summed E-state index contributed by atoms with van der Waals surface area (Å²) in [6.45, 7) is 0. The molecule has 0 radical (unpaired) electrons. The van der Waals surface area contributed by atoms with E-state index in [1.807, 2.05) is 18.2 Å². The van der Waals surface area contributed by atoms with Gasteiger partial charge in [-0.25, -0.2) is 0 Å². The highest BCUT2D eigenvalue weighted by atomic mass is 16.2. The van der Waals surface area contributed by atoms with Crippen LogP contribution in [-0.2, 0) is 0 Å². The number of carbonyl (C=O) groups excluding carboxylic acids is 2. The Labute approximate surface area is 172 Å². The molecule has 5 atom stereocenters. The van der Waals surface area contributed by atoms with Crippen molar-refractivity contribution >= 4 is 34.2 Å². The lowest BCUT2D eigenvalue weighted by molar-refractivity contribution is 0.0879. The van der Waals surface area contributed by atoms with Gasteiger partial charge < -0.3 is 11.1 Å². The predicted octanol–water partition coefficient (Wildman–Crippen LogP) is 3.33. The van der Waals surface area contributed by atoms with Crippen molar-refractivity contribution < 1.29 is 9.59 Å². The third kappa shape index (κ3) is 1.97. The maximum atomic E-state index is 12.3. The summed E-state index contributed by atoms with van der Waals surface area (Å²) in [5.41, 5.74) is 11.4. The van der Waals surface area contributed by atoms with Crippen molar-refractivity contribution in [1.29, 1.82) is 0 Å². The molecule has 5 N–H and O–H groups in total. The van der Waals surface area contributed by atoms with Crippen LogP contribution in [0.25, 0.3) is 10.9 Å². The molecule has 2 amide bonds. The summed E-state index contributed by atoms with van der Waals surface area (Å²) in [5.74, 6) is 2.13. The number of carbonyl (C=O) groups is 2. The molecule has 3 heterocycles. The monoisotopic (exact) mass is 399 g/mol. The largest absolute Gasteiger partial charge is 0.382 e. The van der Waals surface area contributed by atoms with Crippen LogP contribution in [0.5, 0.6) is 0 Å². The van der Waals surface area contributed by atoms with Gasteiger partial charge in [-0.05, 0) is 78.3 Å². The number of anilines is 2. The van der Waals surface area contributed by atoms with E-state index in [2.05, 4.69) is 33.0 Å². The van der Waals surface area contributed by atoms with Crippen molar-refractivity contribution in [3.05, 3.63) is 52.6 Å². The number of nitrogens with zero attached hydrogens (tertiary/aromatic N) is 1. The van der Waals surface area contributed by atoms with Crippen LogP contribution < -0.4 is 16.4 Å². The third-order valence-corrected chi connectivity index (χ3v) is 7.92. The van der Waals surface area contributed by atoms with Crippen molar-refractivity contribution in [3.8, 4) is 0 Å². The molecule has 150 valence electrons. The zero-order valence-electron chi connectivity index (χ0n) is 16.2. The number of rotatable bonds is 1. The number of nitrogen functional groups attached to an aromatic ring is 1. The van der Waals surface area contributed by atoms with Gasteiger partial charge in [0, 0.05) is 11.1 Å². The first-order valence-corrected chi connectivity index (χ1v) is 10.6. The minimum Gasteiger partial charge on any atom is -0.382 e. The number of benzene rings is 2. The molecule has 2 bridgehead atoms. The smallest absolute Gasteiger partial charge is 0.259 e. The number of amides is 2. The molecule has 2 saturated carbocycles. The van der Waals surface area contributed by atoms with Gasteiger partial charge in [0.05, 0.1) is 22.7 Å². The second kappa shape index (κ2) is 5.41. The van der Waals surface area contributed by atoms with Crippen molar-refractivity contribution in [2.75, 3.05) is 11.1 Å². The Kier molecular flexibility index (Phi) is 2.97. The molecule has 2 unspecified atom stereocenters. The Balaban J connectivity index is 1.41. The fraction of sp³-hybridized carbons (Fsp3) is 0.348. The first-order chi connectivity index (χ1) is 14.6. The molecule has 2 aromatic carbocycles. The van der Waals surface area contributed by atoms with Gasteiger partial charge in [-0.1, -0.05) is 6.07 Å². The van der Waals surface area contributed by atoms with Crippen molar-refractivity contribution in [2.45, 2.75) is 31.2 Å². The van der Waals surface area contributed by atoms with E-state index >= 15 is 0 Å². The molecule has 2 aliphatic heterocycles. The highest BCUT2D eigenvalue weighted by Crippen LogP contribution is 2.64. The first kappa shape index (κ1) is 16.4. The normalized spacial score (nSPS) is 30.7. The summed E-state index contributed by atoms with van der Waals surface area (Å²) in [5, 5.41) is 14.2. The third-order valence-electron chi connectivity index (χ3n) is 7.92. The maximum Gasteiger partial charge on any atom is 0.259 e. The highest BCUT2D eigenvalue weighted by Gasteiger charge is 2.54. The van der Waals surface area contributed by atoms with Gasteiger partial charge in [0.25, 0.3) is 11.8 Å². The van der Waals surface area contributed by atoms with Crippen LogP contribution in [0.1, 0.15) is 63.1 Å². The van der Waals surface area contributed by atoms with Crippen LogP contribution in [0.4, 0.5) is 11.5 Å². The van der Waals surface area contributed by atoms with Gasteiger partial charge >= 0.3 is 0 Å². The van der Waals surface area contributed by atoms with E-state index in [0.717, 1.165) is 16.6 Å². The van der Waals surface area contributed by atoms with Crippen LogP contribution in [0, 0.1) is 17.8 Å².